The van der Waals surface area contributed by atoms with E-state index in [9.17, 15) is 9.59 Å². The largest absolute Gasteiger partial charge is 0.481 e. The molecule has 170 valence electrons. The molecule has 0 saturated heterocycles. The fourth-order valence-electron chi connectivity index (χ4n) is 2.94. The van der Waals surface area contributed by atoms with Crippen LogP contribution in [0.3, 0.4) is 0 Å². The molecule has 4 heteroatoms. The Bertz CT molecular complexity index is 642. The molecule has 0 fully saturated rings. The number of allylic oxidation sites excluding steroid dienone is 7. The Hall–Kier alpha value is -2.10. The Labute approximate surface area is 183 Å². The van der Waals surface area contributed by atoms with Gasteiger partial charge in [-0.25, -0.2) is 0 Å². The third kappa shape index (κ3) is 16.8. The molecular formula is C26H42O4. The number of carbonyl (C=O) groups excluding carboxylic acids is 1. The zero-order valence-electron chi connectivity index (χ0n) is 19.9. The van der Waals surface area contributed by atoms with Crippen LogP contribution in [0.2, 0.25) is 0 Å². The van der Waals surface area contributed by atoms with Gasteiger partial charge in [0.15, 0.2) is 0 Å². The highest BCUT2D eigenvalue weighted by Gasteiger charge is 2.19. The number of hydrogen-bond acceptors (Lipinski definition) is 3. The van der Waals surface area contributed by atoms with Gasteiger partial charge in [0.05, 0.1) is 5.92 Å². The number of carbonyl (C=O) groups is 2. The van der Waals surface area contributed by atoms with Crippen molar-refractivity contribution >= 4 is 11.9 Å². The lowest BCUT2D eigenvalue weighted by Gasteiger charge is -2.14. The summed E-state index contributed by atoms with van der Waals surface area (Å²) in [4.78, 5) is 23.4. The van der Waals surface area contributed by atoms with Gasteiger partial charge in [0.25, 0.3) is 0 Å². The van der Waals surface area contributed by atoms with Crippen molar-refractivity contribution in [1.29, 1.82) is 0 Å². The van der Waals surface area contributed by atoms with Crippen LogP contribution in [0.1, 0.15) is 92.9 Å². The Morgan fingerprint density at radius 1 is 0.800 bits per heavy atom. The first-order valence-electron chi connectivity index (χ1n) is 11.1. The molecule has 0 aromatic heterocycles. The minimum atomic E-state index is -0.828. The van der Waals surface area contributed by atoms with Crippen molar-refractivity contribution in [2.75, 3.05) is 6.61 Å². The van der Waals surface area contributed by atoms with Gasteiger partial charge in [-0.3, -0.25) is 9.59 Å². The van der Waals surface area contributed by atoms with Crippen molar-refractivity contribution in [2.24, 2.45) is 5.92 Å². The van der Waals surface area contributed by atoms with Crippen molar-refractivity contribution in [3.8, 4) is 0 Å². The van der Waals surface area contributed by atoms with E-state index in [2.05, 4.69) is 59.8 Å². The summed E-state index contributed by atoms with van der Waals surface area (Å²) in [5.41, 5.74) is 5.07. The summed E-state index contributed by atoms with van der Waals surface area (Å²) in [6, 6.07) is 0. The van der Waals surface area contributed by atoms with Crippen molar-refractivity contribution in [2.45, 2.75) is 92.9 Å². The van der Waals surface area contributed by atoms with E-state index in [0.717, 1.165) is 25.7 Å². The van der Waals surface area contributed by atoms with E-state index >= 15 is 0 Å². The summed E-state index contributed by atoms with van der Waals surface area (Å²) >= 11 is 0. The van der Waals surface area contributed by atoms with Crippen molar-refractivity contribution in [1.82, 2.24) is 0 Å². The van der Waals surface area contributed by atoms with Gasteiger partial charge in [-0.05, 0) is 92.6 Å². The summed E-state index contributed by atoms with van der Waals surface area (Å²) in [5.74, 6) is -1.35. The SMILES string of the molecule is CC(C)=CCCC(C)=CCOC(=O)C(CC=C(C)CCC=C(C)C)CCCC(=O)O. The number of aliphatic carboxylic acids is 1. The van der Waals surface area contributed by atoms with E-state index in [-0.39, 0.29) is 24.9 Å². The van der Waals surface area contributed by atoms with Crippen LogP contribution in [0.25, 0.3) is 0 Å². The summed E-state index contributed by atoms with van der Waals surface area (Å²) in [5, 5.41) is 8.89. The maximum atomic E-state index is 12.6. The van der Waals surface area contributed by atoms with Gasteiger partial charge >= 0.3 is 11.9 Å². The van der Waals surface area contributed by atoms with Crippen LogP contribution < -0.4 is 0 Å². The molecule has 0 aliphatic rings. The van der Waals surface area contributed by atoms with Crippen molar-refractivity contribution in [3.05, 3.63) is 46.6 Å². The molecule has 1 unspecified atom stereocenters. The highest BCUT2D eigenvalue weighted by Crippen LogP contribution is 2.19. The molecular weight excluding hydrogens is 376 g/mol. The molecule has 0 spiro atoms. The topological polar surface area (TPSA) is 63.6 Å². The third-order valence-electron chi connectivity index (χ3n) is 4.87. The lowest BCUT2D eigenvalue weighted by Crippen LogP contribution is -2.18. The second-order valence-electron chi connectivity index (χ2n) is 8.59. The predicted molar refractivity (Wildman–Crippen MR) is 125 cm³/mol. The van der Waals surface area contributed by atoms with Gasteiger partial charge in [-0.15, -0.1) is 0 Å². The Morgan fingerprint density at radius 3 is 1.83 bits per heavy atom. The van der Waals surface area contributed by atoms with Crippen LogP contribution in [0.5, 0.6) is 0 Å². The molecule has 0 aliphatic heterocycles. The molecule has 1 N–H and O–H groups in total. The highest BCUT2D eigenvalue weighted by atomic mass is 16.5. The fraction of sp³-hybridized carbons (Fsp3) is 0.615. The van der Waals surface area contributed by atoms with Gasteiger partial charge in [0.1, 0.15) is 6.61 Å². The molecule has 30 heavy (non-hydrogen) atoms. The lowest BCUT2D eigenvalue weighted by atomic mass is 9.96. The van der Waals surface area contributed by atoms with E-state index in [1.165, 1.54) is 22.3 Å². The van der Waals surface area contributed by atoms with Crippen LogP contribution in [-0.2, 0) is 14.3 Å². The van der Waals surface area contributed by atoms with Gasteiger partial charge in [-0.1, -0.05) is 40.5 Å². The van der Waals surface area contributed by atoms with E-state index in [1.807, 2.05) is 6.08 Å². The average molecular weight is 419 g/mol. The molecule has 1 atom stereocenters. The minimum absolute atomic E-state index is 0.0798. The monoisotopic (exact) mass is 418 g/mol. The van der Waals surface area contributed by atoms with E-state index < -0.39 is 5.97 Å². The number of hydrogen-bond donors (Lipinski definition) is 1. The smallest absolute Gasteiger partial charge is 0.309 e. The molecule has 0 aromatic rings. The number of carboxylic acids is 1. The van der Waals surface area contributed by atoms with Crippen LogP contribution in [-0.4, -0.2) is 23.7 Å². The van der Waals surface area contributed by atoms with Crippen molar-refractivity contribution in [3.63, 3.8) is 0 Å². The molecule has 0 amide bonds. The quantitative estimate of drug-likeness (QED) is 0.226. The predicted octanol–water partition coefficient (Wildman–Crippen LogP) is 7.18. The molecule has 0 aromatic carbocycles. The minimum Gasteiger partial charge on any atom is -0.481 e. The first-order chi connectivity index (χ1) is 14.1. The first-order valence-corrected chi connectivity index (χ1v) is 11.1. The molecule has 0 radical (unpaired) electrons. The second kappa shape index (κ2) is 16.7. The Morgan fingerprint density at radius 2 is 1.33 bits per heavy atom. The molecule has 0 heterocycles. The van der Waals surface area contributed by atoms with Crippen LogP contribution in [0, 0.1) is 5.92 Å². The second-order valence-corrected chi connectivity index (χ2v) is 8.59. The summed E-state index contributed by atoms with van der Waals surface area (Å²) in [6.07, 6.45) is 14.1. The van der Waals surface area contributed by atoms with Crippen molar-refractivity contribution < 1.29 is 19.4 Å². The van der Waals surface area contributed by atoms with E-state index in [4.69, 9.17) is 9.84 Å². The number of rotatable bonds is 15. The molecule has 4 nitrogen and oxygen atoms in total. The van der Waals surface area contributed by atoms with Crippen LogP contribution >= 0.6 is 0 Å². The van der Waals surface area contributed by atoms with E-state index in [0.29, 0.717) is 19.3 Å². The molecule has 0 aliphatic carbocycles. The summed E-state index contributed by atoms with van der Waals surface area (Å²) in [7, 11) is 0. The molecule has 0 saturated carbocycles. The molecule has 0 bridgehead atoms. The zero-order valence-corrected chi connectivity index (χ0v) is 19.9. The summed E-state index contributed by atoms with van der Waals surface area (Å²) in [6.45, 7) is 12.8. The number of carboxylic acid groups (broad SMARTS) is 1. The number of ether oxygens (including phenoxy) is 1. The first kappa shape index (κ1) is 27.9. The van der Waals surface area contributed by atoms with Gasteiger partial charge in [0, 0.05) is 6.42 Å². The third-order valence-corrected chi connectivity index (χ3v) is 4.87. The summed E-state index contributed by atoms with van der Waals surface area (Å²) < 4.78 is 5.49. The lowest BCUT2D eigenvalue weighted by molar-refractivity contribution is -0.148. The van der Waals surface area contributed by atoms with E-state index in [1.54, 1.807) is 0 Å². The van der Waals surface area contributed by atoms with Gasteiger partial charge < -0.3 is 9.84 Å². The number of esters is 1. The maximum absolute atomic E-state index is 12.6. The average Bonchev–Trinajstić information content (AvgIpc) is 2.63. The van der Waals surface area contributed by atoms with Crippen LogP contribution in [0.4, 0.5) is 0 Å². The standard InChI is InChI=1S/C26H42O4/c1-20(2)10-7-12-22(5)16-17-24(14-9-15-25(27)28)26(29)30-19-18-23(6)13-8-11-21(3)4/h10-11,16,18,24H,7-9,12-15,17,19H2,1-6H3,(H,27,28). The van der Waals surface area contributed by atoms with Gasteiger partial charge in [-0.2, -0.15) is 0 Å². The van der Waals surface area contributed by atoms with Gasteiger partial charge in [0.2, 0.25) is 0 Å². The fourth-order valence-corrected chi connectivity index (χ4v) is 2.94. The highest BCUT2D eigenvalue weighted by molar-refractivity contribution is 5.73. The Balaban J connectivity index is 4.72. The maximum Gasteiger partial charge on any atom is 0.309 e. The normalized spacial score (nSPS) is 12.9. The Kier molecular flexibility index (Phi) is 15.5. The van der Waals surface area contributed by atoms with Crippen LogP contribution in [0.15, 0.2) is 46.6 Å². The zero-order chi connectivity index (χ0) is 22.9. The molecule has 0 rings (SSSR count).